The van der Waals surface area contributed by atoms with Gasteiger partial charge in [-0.3, -0.25) is 9.78 Å². The molecule has 0 radical (unpaired) electrons. The predicted octanol–water partition coefficient (Wildman–Crippen LogP) is 2.83. The van der Waals surface area contributed by atoms with Crippen LogP contribution in [0.25, 0.3) is 0 Å². The Hall–Kier alpha value is -2.40. The molecular formula is C19H24N4O. The highest BCUT2D eigenvalue weighted by Gasteiger charge is 2.21. The fourth-order valence-electron chi connectivity index (χ4n) is 2.84. The molecule has 0 saturated carbocycles. The molecule has 1 aliphatic heterocycles. The highest BCUT2D eigenvalue weighted by molar-refractivity contribution is 5.93. The first-order chi connectivity index (χ1) is 11.5. The number of amides is 1. The van der Waals surface area contributed by atoms with Crippen LogP contribution < -0.4 is 5.32 Å². The fraction of sp³-hybridized carbons (Fsp3) is 0.368. The molecule has 3 rings (SSSR count). The molecule has 1 N–H and O–H groups in total. The van der Waals surface area contributed by atoms with E-state index in [9.17, 15) is 4.79 Å². The van der Waals surface area contributed by atoms with Crippen LogP contribution >= 0.6 is 0 Å². The van der Waals surface area contributed by atoms with E-state index >= 15 is 0 Å². The molecule has 0 atom stereocenters. The molecular weight excluding hydrogens is 300 g/mol. The average molecular weight is 324 g/mol. The first-order valence-corrected chi connectivity index (χ1v) is 8.32. The minimum atomic E-state index is 0.00714. The van der Waals surface area contributed by atoms with Crippen molar-refractivity contribution >= 4 is 17.3 Å². The van der Waals surface area contributed by atoms with E-state index in [4.69, 9.17) is 0 Å². The standard InChI is InChI=1S/C19H24N4O/c1-14-5-4-6-17(15(14)2)21-16-7-8-20-18(13-16)19(24)23-11-9-22(3)10-12-23/h4-8,13H,9-12H2,1-3H3,(H,20,21). The Morgan fingerprint density at radius 3 is 2.62 bits per heavy atom. The Kier molecular flexibility index (Phi) is 4.81. The van der Waals surface area contributed by atoms with E-state index in [-0.39, 0.29) is 5.91 Å². The van der Waals surface area contributed by atoms with Gasteiger partial charge in [-0.1, -0.05) is 12.1 Å². The number of nitrogens with zero attached hydrogens (tertiary/aromatic N) is 3. The Labute approximate surface area is 143 Å². The first-order valence-electron chi connectivity index (χ1n) is 8.32. The summed E-state index contributed by atoms with van der Waals surface area (Å²) in [6, 6.07) is 9.90. The number of likely N-dealkylation sites (N-methyl/N-ethyl adjacent to an activating group) is 1. The van der Waals surface area contributed by atoms with Gasteiger partial charge in [0, 0.05) is 43.8 Å². The van der Waals surface area contributed by atoms with E-state index in [1.54, 1.807) is 6.20 Å². The number of carbonyl (C=O) groups excluding carboxylic acids is 1. The van der Waals surface area contributed by atoms with E-state index in [1.165, 1.54) is 11.1 Å². The number of pyridine rings is 1. The third kappa shape index (κ3) is 3.57. The molecule has 5 heteroatoms. The van der Waals surface area contributed by atoms with Crippen LogP contribution in [0.3, 0.4) is 0 Å². The topological polar surface area (TPSA) is 48.5 Å². The summed E-state index contributed by atoms with van der Waals surface area (Å²) in [6.45, 7) is 7.51. The third-order valence-electron chi connectivity index (χ3n) is 4.65. The van der Waals surface area contributed by atoms with Gasteiger partial charge >= 0.3 is 0 Å². The number of aromatic nitrogens is 1. The summed E-state index contributed by atoms with van der Waals surface area (Å²) in [5.41, 5.74) is 4.88. The van der Waals surface area contributed by atoms with E-state index in [1.807, 2.05) is 29.2 Å². The van der Waals surface area contributed by atoms with Gasteiger partial charge in [-0.15, -0.1) is 0 Å². The lowest BCUT2D eigenvalue weighted by molar-refractivity contribution is 0.0658. The van der Waals surface area contributed by atoms with Gasteiger partial charge in [-0.05, 0) is 50.2 Å². The zero-order valence-electron chi connectivity index (χ0n) is 14.5. The molecule has 1 aromatic heterocycles. The molecule has 1 aliphatic rings. The largest absolute Gasteiger partial charge is 0.355 e. The van der Waals surface area contributed by atoms with Crippen molar-refractivity contribution in [1.29, 1.82) is 0 Å². The van der Waals surface area contributed by atoms with E-state index in [2.05, 4.69) is 42.2 Å². The Morgan fingerprint density at radius 2 is 1.88 bits per heavy atom. The van der Waals surface area contributed by atoms with E-state index in [0.717, 1.165) is 37.6 Å². The molecule has 1 aromatic carbocycles. The van der Waals surface area contributed by atoms with Crippen molar-refractivity contribution in [1.82, 2.24) is 14.8 Å². The van der Waals surface area contributed by atoms with Crippen LogP contribution in [-0.4, -0.2) is 53.9 Å². The molecule has 0 unspecified atom stereocenters. The second-order valence-electron chi connectivity index (χ2n) is 6.40. The van der Waals surface area contributed by atoms with Gasteiger partial charge in [-0.2, -0.15) is 0 Å². The predicted molar refractivity (Wildman–Crippen MR) is 96.8 cm³/mol. The Bertz CT molecular complexity index is 736. The zero-order chi connectivity index (χ0) is 17.1. The Balaban J connectivity index is 1.76. The van der Waals surface area contributed by atoms with Crippen LogP contribution in [-0.2, 0) is 0 Å². The monoisotopic (exact) mass is 324 g/mol. The summed E-state index contributed by atoms with van der Waals surface area (Å²) in [6.07, 6.45) is 1.69. The van der Waals surface area contributed by atoms with Crippen molar-refractivity contribution in [3.63, 3.8) is 0 Å². The summed E-state index contributed by atoms with van der Waals surface area (Å²) < 4.78 is 0. The van der Waals surface area contributed by atoms with Crippen LogP contribution in [0.5, 0.6) is 0 Å². The van der Waals surface area contributed by atoms with Crippen LogP contribution in [0.15, 0.2) is 36.5 Å². The van der Waals surface area contributed by atoms with Gasteiger partial charge in [0.1, 0.15) is 5.69 Å². The minimum Gasteiger partial charge on any atom is -0.355 e. The fourth-order valence-corrected chi connectivity index (χ4v) is 2.84. The van der Waals surface area contributed by atoms with Gasteiger partial charge in [0.2, 0.25) is 0 Å². The van der Waals surface area contributed by atoms with Crippen molar-refractivity contribution in [3.05, 3.63) is 53.3 Å². The molecule has 1 saturated heterocycles. The number of piperazine rings is 1. The summed E-state index contributed by atoms with van der Waals surface area (Å²) >= 11 is 0. The van der Waals surface area contributed by atoms with Crippen LogP contribution in [0.1, 0.15) is 21.6 Å². The third-order valence-corrected chi connectivity index (χ3v) is 4.65. The lowest BCUT2D eigenvalue weighted by atomic mass is 10.1. The maximum absolute atomic E-state index is 12.6. The number of carbonyl (C=O) groups is 1. The number of anilines is 2. The van der Waals surface area contributed by atoms with Crippen LogP contribution in [0.2, 0.25) is 0 Å². The van der Waals surface area contributed by atoms with Gasteiger partial charge in [0.15, 0.2) is 0 Å². The van der Waals surface area contributed by atoms with Crippen LogP contribution in [0, 0.1) is 13.8 Å². The second-order valence-corrected chi connectivity index (χ2v) is 6.40. The first kappa shape index (κ1) is 16.5. The molecule has 0 spiro atoms. The van der Waals surface area contributed by atoms with Gasteiger partial charge < -0.3 is 15.1 Å². The lowest BCUT2D eigenvalue weighted by Crippen LogP contribution is -2.47. The molecule has 2 heterocycles. The molecule has 1 fully saturated rings. The van der Waals surface area contributed by atoms with Crippen molar-refractivity contribution in [2.45, 2.75) is 13.8 Å². The normalized spacial score (nSPS) is 15.4. The molecule has 1 amide bonds. The number of hydrogen-bond donors (Lipinski definition) is 1. The number of nitrogens with one attached hydrogen (secondary N) is 1. The SMILES string of the molecule is Cc1cccc(Nc2ccnc(C(=O)N3CCN(C)CC3)c2)c1C. The molecule has 126 valence electrons. The molecule has 0 aliphatic carbocycles. The average Bonchev–Trinajstić information content (AvgIpc) is 2.59. The van der Waals surface area contributed by atoms with Gasteiger partial charge in [0.05, 0.1) is 0 Å². The summed E-state index contributed by atoms with van der Waals surface area (Å²) in [7, 11) is 2.08. The maximum Gasteiger partial charge on any atom is 0.272 e. The van der Waals surface area contributed by atoms with Gasteiger partial charge in [0.25, 0.3) is 5.91 Å². The molecule has 24 heavy (non-hydrogen) atoms. The maximum atomic E-state index is 12.6. The highest BCUT2D eigenvalue weighted by atomic mass is 16.2. The number of aryl methyl sites for hydroxylation is 1. The zero-order valence-corrected chi connectivity index (χ0v) is 14.5. The van der Waals surface area contributed by atoms with Crippen LogP contribution in [0.4, 0.5) is 11.4 Å². The second kappa shape index (κ2) is 7.01. The molecule has 2 aromatic rings. The summed E-state index contributed by atoms with van der Waals surface area (Å²) in [5.74, 6) is 0.00714. The summed E-state index contributed by atoms with van der Waals surface area (Å²) in [4.78, 5) is 21.0. The van der Waals surface area contributed by atoms with Crippen molar-refractivity contribution in [3.8, 4) is 0 Å². The van der Waals surface area contributed by atoms with Crippen molar-refractivity contribution in [2.24, 2.45) is 0 Å². The lowest BCUT2D eigenvalue weighted by Gasteiger charge is -2.32. The van der Waals surface area contributed by atoms with Gasteiger partial charge in [-0.25, -0.2) is 0 Å². The smallest absolute Gasteiger partial charge is 0.272 e. The Morgan fingerprint density at radius 1 is 1.12 bits per heavy atom. The van der Waals surface area contributed by atoms with Crippen molar-refractivity contribution in [2.75, 3.05) is 38.5 Å². The quantitative estimate of drug-likeness (QED) is 0.943. The minimum absolute atomic E-state index is 0.00714. The molecule has 0 bridgehead atoms. The van der Waals surface area contributed by atoms with Crippen molar-refractivity contribution < 1.29 is 4.79 Å². The number of rotatable bonds is 3. The van der Waals surface area contributed by atoms with E-state index in [0.29, 0.717) is 5.69 Å². The van der Waals surface area contributed by atoms with E-state index < -0.39 is 0 Å². The highest BCUT2D eigenvalue weighted by Crippen LogP contribution is 2.23. The number of benzene rings is 1. The summed E-state index contributed by atoms with van der Waals surface area (Å²) in [5, 5.41) is 3.40. The molecule has 5 nitrogen and oxygen atoms in total. The number of hydrogen-bond acceptors (Lipinski definition) is 4.